The van der Waals surface area contributed by atoms with E-state index in [0.717, 1.165) is 23.5 Å². The summed E-state index contributed by atoms with van der Waals surface area (Å²) in [6.07, 6.45) is 2.32. The number of thiophene rings is 1. The molecule has 1 aliphatic heterocycles. The average Bonchev–Trinajstić information content (AvgIpc) is 3.12. The van der Waals surface area contributed by atoms with Gasteiger partial charge >= 0.3 is 0 Å². The first-order valence-electron chi connectivity index (χ1n) is 7.63. The monoisotopic (exact) mass is 332 g/mol. The Labute approximate surface area is 139 Å². The first-order chi connectivity index (χ1) is 11.3. The number of ketones is 1. The minimum Gasteiger partial charge on any atom is -0.481 e. The summed E-state index contributed by atoms with van der Waals surface area (Å²) < 4.78 is 10.7. The molecular formula is C17H20N2O3S. The number of methoxy groups -OCH3 is 1. The quantitative estimate of drug-likeness (QED) is 0.761. The second-order valence-electron chi connectivity index (χ2n) is 5.51. The Hall–Kier alpha value is -1.76. The van der Waals surface area contributed by atoms with Gasteiger partial charge in [-0.05, 0) is 17.0 Å². The first-order valence-corrected chi connectivity index (χ1v) is 8.51. The topological polar surface area (TPSA) is 51.7 Å². The molecule has 0 spiro atoms. The van der Waals surface area contributed by atoms with E-state index in [9.17, 15) is 4.79 Å². The lowest BCUT2D eigenvalue weighted by molar-refractivity contribution is -0.0126. The van der Waals surface area contributed by atoms with Gasteiger partial charge in [-0.25, -0.2) is 4.98 Å². The number of carbonyl (C=O) groups excluding carboxylic acids is 1. The second kappa shape index (κ2) is 7.68. The molecule has 122 valence electrons. The third-order valence-electron chi connectivity index (χ3n) is 3.96. The molecule has 3 rings (SSSR count). The molecule has 2 aromatic rings. The molecule has 5 nitrogen and oxygen atoms in total. The van der Waals surface area contributed by atoms with E-state index < -0.39 is 0 Å². The molecule has 0 amide bonds. The van der Waals surface area contributed by atoms with Crippen molar-refractivity contribution >= 4 is 17.1 Å². The molecule has 2 aromatic heterocycles. The highest BCUT2D eigenvalue weighted by molar-refractivity contribution is 7.12. The summed E-state index contributed by atoms with van der Waals surface area (Å²) in [6.45, 7) is 2.89. The van der Waals surface area contributed by atoms with Crippen molar-refractivity contribution in [3.63, 3.8) is 0 Å². The zero-order valence-electron chi connectivity index (χ0n) is 13.1. The molecule has 1 saturated heterocycles. The summed E-state index contributed by atoms with van der Waals surface area (Å²) in [7, 11) is 1.61. The molecule has 6 heteroatoms. The van der Waals surface area contributed by atoms with E-state index in [-0.39, 0.29) is 11.8 Å². The van der Waals surface area contributed by atoms with Crippen LogP contribution in [0.5, 0.6) is 5.88 Å². The minimum absolute atomic E-state index is 0.112. The molecule has 0 bridgehead atoms. The lowest BCUT2D eigenvalue weighted by atomic mass is 10.1. The van der Waals surface area contributed by atoms with E-state index in [1.54, 1.807) is 7.11 Å². The van der Waals surface area contributed by atoms with E-state index in [1.807, 2.05) is 35.8 Å². The summed E-state index contributed by atoms with van der Waals surface area (Å²) in [6, 6.07) is 7.78. The maximum absolute atomic E-state index is 12.4. The molecule has 23 heavy (non-hydrogen) atoms. The number of hydrogen-bond donors (Lipinski definition) is 0. The third kappa shape index (κ3) is 4.16. The van der Waals surface area contributed by atoms with Crippen LogP contribution in [0.15, 0.2) is 35.8 Å². The summed E-state index contributed by atoms with van der Waals surface area (Å²) in [5, 5.41) is 1.94. The summed E-state index contributed by atoms with van der Waals surface area (Å²) in [5.74, 6) is 0.800. The number of Topliss-reactive ketones (excluding diaryl/α,β-unsaturated/α-hetero) is 1. The third-order valence-corrected chi connectivity index (χ3v) is 4.87. The minimum atomic E-state index is 0.112. The first kappa shape index (κ1) is 16.1. The Kier molecular flexibility index (Phi) is 5.38. The molecule has 0 aromatic carbocycles. The lowest BCUT2D eigenvalue weighted by Gasteiger charge is -2.35. The number of rotatable bonds is 6. The van der Waals surface area contributed by atoms with Crippen LogP contribution >= 0.6 is 11.3 Å². The average molecular weight is 332 g/mol. The van der Waals surface area contributed by atoms with E-state index in [1.165, 1.54) is 11.3 Å². The van der Waals surface area contributed by atoms with Crippen LogP contribution in [0.4, 0.5) is 0 Å². The van der Waals surface area contributed by atoms with Crippen LogP contribution in [0.2, 0.25) is 0 Å². The van der Waals surface area contributed by atoms with Gasteiger partial charge in [-0.2, -0.15) is 0 Å². The molecule has 1 aliphatic rings. The van der Waals surface area contributed by atoms with Crippen molar-refractivity contribution in [2.45, 2.75) is 19.0 Å². The van der Waals surface area contributed by atoms with Gasteiger partial charge in [0.25, 0.3) is 0 Å². The number of ether oxygens (including phenoxy) is 2. The van der Waals surface area contributed by atoms with Crippen molar-refractivity contribution in [3.8, 4) is 5.88 Å². The standard InChI is InChI=1S/C17H20N2O3S/c1-21-17-5-4-13(10-18-17)11-19-6-7-22-12-14(19)9-15(20)16-3-2-8-23-16/h2-5,8,10,14H,6-7,9,11-12H2,1H3. The van der Waals surface area contributed by atoms with Crippen LogP contribution in [0.3, 0.4) is 0 Å². The van der Waals surface area contributed by atoms with Gasteiger partial charge in [0.2, 0.25) is 5.88 Å². The van der Waals surface area contributed by atoms with Crippen LogP contribution in [-0.2, 0) is 11.3 Å². The summed E-state index contributed by atoms with van der Waals surface area (Å²) in [5.41, 5.74) is 1.11. The molecule has 3 heterocycles. The number of aromatic nitrogens is 1. The van der Waals surface area contributed by atoms with Crippen molar-refractivity contribution < 1.29 is 14.3 Å². The molecule has 1 fully saturated rings. The fourth-order valence-electron chi connectivity index (χ4n) is 2.70. The van der Waals surface area contributed by atoms with Gasteiger partial charge in [0.1, 0.15) is 0 Å². The Balaban J connectivity index is 1.64. The fourth-order valence-corrected chi connectivity index (χ4v) is 3.37. The van der Waals surface area contributed by atoms with Gasteiger partial charge in [0.15, 0.2) is 5.78 Å². The fraction of sp³-hybridized carbons (Fsp3) is 0.412. The van der Waals surface area contributed by atoms with Crippen LogP contribution < -0.4 is 4.74 Å². The zero-order valence-corrected chi connectivity index (χ0v) is 13.9. The predicted octanol–water partition coefficient (Wildman–Crippen LogP) is 2.63. The normalized spacial score (nSPS) is 18.7. The van der Waals surface area contributed by atoms with Crippen LogP contribution in [-0.4, -0.2) is 48.6 Å². The van der Waals surface area contributed by atoms with E-state index >= 15 is 0 Å². The van der Waals surface area contributed by atoms with E-state index in [4.69, 9.17) is 9.47 Å². The highest BCUT2D eigenvalue weighted by Crippen LogP contribution is 2.19. The number of pyridine rings is 1. The lowest BCUT2D eigenvalue weighted by Crippen LogP contribution is -2.45. The van der Waals surface area contributed by atoms with Gasteiger partial charge in [-0.1, -0.05) is 12.1 Å². The molecule has 0 saturated carbocycles. The Morgan fingerprint density at radius 1 is 1.48 bits per heavy atom. The Morgan fingerprint density at radius 3 is 3.09 bits per heavy atom. The summed E-state index contributed by atoms with van der Waals surface area (Å²) >= 11 is 1.50. The molecule has 1 atom stereocenters. The second-order valence-corrected chi connectivity index (χ2v) is 6.46. The number of nitrogens with zero attached hydrogens (tertiary/aromatic N) is 2. The number of morpholine rings is 1. The largest absolute Gasteiger partial charge is 0.481 e. The smallest absolute Gasteiger partial charge is 0.212 e. The van der Waals surface area contributed by atoms with Crippen LogP contribution in [0, 0.1) is 0 Å². The van der Waals surface area contributed by atoms with Gasteiger partial charge in [0.05, 0.1) is 25.2 Å². The zero-order chi connectivity index (χ0) is 16.1. The molecule has 1 unspecified atom stereocenters. The highest BCUT2D eigenvalue weighted by atomic mass is 32.1. The van der Waals surface area contributed by atoms with E-state index in [2.05, 4.69) is 9.88 Å². The predicted molar refractivity (Wildman–Crippen MR) is 89.1 cm³/mol. The van der Waals surface area contributed by atoms with E-state index in [0.29, 0.717) is 25.5 Å². The molecule has 0 aliphatic carbocycles. The van der Waals surface area contributed by atoms with Crippen molar-refractivity contribution in [1.82, 2.24) is 9.88 Å². The van der Waals surface area contributed by atoms with Crippen molar-refractivity contribution in [2.75, 3.05) is 26.9 Å². The number of carbonyl (C=O) groups is 1. The van der Waals surface area contributed by atoms with Crippen molar-refractivity contribution in [2.24, 2.45) is 0 Å². The summed E-state index contributed by atoms with van der Waals surface area (Å²) in [4.78, 5) is 19.7. The van der Waals surface area contributed by atoms with Gasteiger partial charge < -0.3 is 9.47 Å². The van der Waals surface area contributed by atoms with Crippen molar-refractivity contribution in [3.05, 3.63) is 46.3 Å². The van der Waals surface area contributed by atoms with Gasteiger partial charge in [-0.3, -0.25) is 9.69 Å². The Morgan fingerprint density at radius 2 is 2.39 bits per heavy atom. The highest BCUT2D eigenvalue weighted by Gasteiger charge is 2.26. The Bertz CT molecular complexity index is 628. The maximum Gasteiger partial charge on any atom is 0.212 e. The maximum atomic E-state index is 12.4. The SMILES string of the molecule is COc1ccc(CN2CCOCC2CC(=O)c2cccs2)cn1. The van der Waals surface area contributed by atoms with Gasteiger partial charge in [0, 0.05) is 37.8 Å². The van der Waals surface area contributed by atoms with Crippen LogP contribution in [0.1, 0.15) is 21.7 Å². The van der Waals surface area contributed by atoms with Crippen LogP contribution in [0.25, 0.3) is 0 Å². The molecular weight excluding hydrogens is 312 g/mol. The number of hydrogen-bond acceptors (Lipinski definition) is 6. The van der Waals surface area contributed by atoms with Gasteiger partial charge in [-0.15, -0.1) is 11.3 Å². The van der Waals surface area contributed by atoms with Crippen molar-refractivity contribution in [1.29, 1.82) is 0 Å². The molecule has 0 radical (unpaired) electrons. The molecule has 0 N–H and O–H groups in total.